The zero-order valence-corrected chi connectivity index (χ0v) is 16.4. The van der Waals surface area contributed by atoms with Crippen molar-refractivity contribution in [2.75, 3.05) is 0 Å². The van der Waals surface area contributed by atoms with E-state index in [0.29, 0.717) is 11.1 Å². The topological polar surface area (TPSA) is 91.7 Å². The van der Waals surface area contributed by atoms with Gasteiger partial charge >= 0.3 is 6.03 Å². The maximum absolute atomic E-state index is 12.9. The summed E-state index contributed by atoms with van der Waals surface area (Å²) in [5.41, 5.74) is 5.37. The van der Waals surface area contributed by atoms with Gasteiger partial charge in [-0.25, -0.2) is 4.79 Å². The summed E-state index contributed by atoms with van der Waals surface area (Å²) in [5.74, 6) is -1.02. The molecular weight excluding hydrogens is 370 g/mol. The van der Waals surface area contributed by atoms with Crippen molar-refractivity contribution in [3.8, 4) is 0 Å². The molecule has 7 heteroatoms. The van der Waals surface area contributed by atoms with Crippen molar-refractivity contribution in [2.45, 2.75) is 32.7 Å². The lowest BCUT2D eigenvalue weighted by Crippen LogP contribution is -2.48. The van der Waals surface area contributed by atoms with Gasteiger partial charge in [0, 0.05) is 10.9 Å². The van der Waals surface area contributed by atoms with Crippen molar-refractivity contribution < 1.29 is 18.8 Å². The number of benzene rings is 2. The van der Waals surface area contributed by atoms with Gasteiger partial charge in [0.25, 0.3) is 5.91 Å². The number of rotatable bonds is 4. The number of aryl methyl sites for hydroxylation is 2. The highest BCUT2D eigenvalue weighted by Crippen LogP contribution is 2.29. The van der Waals surface area contributed by atoms with Gasteiger partial charge in [-0.3, -0.25) is 15.0 Å². The van der Waals surface area contributed by atoms with Crippen LogP contribution in [0.3, 0.4) is 0 Å². The fourth-order valence-electron chi connectivity index (χ4n) is 3.57. The van der Waals surface area contributed by atoms with Crippen LogP contribution in [-0.2, 0) is 21.5 Å². The van der Waals surface area contributed by atoms with E-state index < -0.39 is 23.4 Å². The Kier molecular flexibility index (Phi) is 4.38. The molecule has 148 valence electrons. The van der Waals surface area contributed by atoms with Crippen LogP contribution in [0.2, 0.25) is 0 Å². The number of amides is 4. The average molecular weight is 391 g/mol. The summed E-state index contributed by atoms with van der Waals surface area (Å²) in [6.45, 7) is 5.57. The predicted molar refractivity (Wildman–Crippen MR) is 107 cm³/mol. The Morgan fingerprint density at radius 1 is 1.14 bits per heavy atom. The van der Waals surface area contributed by atoms with Gasteiger partial charge in [-0.15, -0.1) is 0 Å². The quantitative estimate of drug-likeness (QED) is 0.669. The molecule has 1 saturated heterocycles. The first-order chi connectivity index (χ1) is 13.8. The summed E-state index contributed by atoms with van der Waals surface area (Å²) in [4.78, 5) is 37.8. The van der Waals surface area contributed by atoms with Crippen LogP contribution in [0, 0.1) is 13.8 Å². The minimum absolute atomic E-state index is 0.0192. The number of carbonyl (C=O) groups is 3. The summed E-state index contributed by atoms with van der Waals surface area (Å²) in [7, 11) is 0. The molecule has 2 heterocycles. The summed E-state index contributed by atoms with van der Waals surface area (Å²) >= 11 is 0. The summed E-state index contributed by atoms with van der Waals surface area (Å²) in [6.07, 6.45) is 1.52. The number of furan rings is 1. The van der Waals surface area contributed by atoms with Crippen LogP contribution in [0.15, 0.2) is 53.1 Å². The van der Waals surface area contributed by atoms with Gasteiger partial charge in [0.1, 0.15) is 11.1 Å². The van der Waals surface area contributed by atoms with Gasteiger partial charge < -0.3 is 9.73 Å². The zero-order valence-electron chi connectivity index (χ0n) is 16.4. The standard InChI is InChI=1S/C22H21N3O4/c1-13-9-10-17-15(12-29-19(17)14(13)2)11-18(26)24-25-20(27)22(3,23-21(25)28)16-7-5-4-6-8-16/h4-10,12H,11H2,1-3H3,(H,23,28)(H,24,26). The molecule has 2 aromatic carbocycles. The highest BCUT2D eigenvalue weighted by molar-refractivity contribution is 6.08. The molecule has 4 rings (SSSR count). The van der Waals surface area contributed by atoms with Crippen molar-refractivity contribution in [3.63, 3.8) is 0 Å². The van der Waals surface area contributed by atoms with E-state index in [1.165, 1.54) is 6.26 Å². The van der Waals surface area contributed by atoms with Crippen molar-refractivity contribution in [1.29, 1.82) is 0 Å². The molecule has 29 heavy (non-hydrogen) atoms. The van der Waals surface area contributed by atoms with Crippen molar-refractivity contribution in [1.82, 2.24) is 15.8 Å². The molecule has 1 unspecified atom stereocenters. The second-order valence-corrected chi connectivity index (χ2v) is 7.42. The van der Waals surface area contributed by atoms with Crippen LogP contribution < -0.4 is 10.7 Å². The van der Waals surface area contributed by atoms with E-state index >= 15 is 0 Å². The van der Waals surface area contributed by atoms with Crippen LogP contribution in [0.5, 0.6) is 0 Å². The Hall–Kier alpha value is -3.61. The number of hydrogen-bond donors (Lipinski definition) is 2. The highest BCUT2D eigenvalue weighted by Gasteiger charge is 2.49. The SMILES string of the molecule is Cc1ccc2c(CC(=O)NN3C(=O)NC(C)(c4ccccc4)C3=O)coc2c1C. The Balaban J connectivity index is 1.53. The first-order valence-corrected chi connectivity index (χ1v) is 9.29. The van der Waals surface area contributed by atoms with Gasteiger partial charge in [0.05, 0.1) is 12.7 Å². The van der Waals surface area contributed by atoms with Crippen LogP contribution in [0.4, 0.5) is 4.79 Å². The lowest BCUT2D eigenvalue weighted by molar-refractivity contribution is -0.138. The summed E-state index contributed by atoms with van der Waals surface area (Å²) in [6, 6.07) is 12.1. The summed E-state index contributed by atoms with van der Waals surface area (Å²) < 4.78 is 5.62. The highest BCUT2D eigenvalue weighted by atomic mass is 16.3. The largest absolute Gasteiger partial charge is 0.464 e. The van der Waals surface area contributed by atoms with E-state index in [1.807, 2.05) is 32.0 Å². The number of urea groups is 1. The number of nitrogens with one attached hydrogen (secondary N) is 2. The van der Waals surface area contributed by atoms with Crippen LogP contribution in [0.25, 0.3) is 11.0 Å². The van der Waals surface area contributed by atoms with E-state index in [9.17, 15) is 14.4 Å². The lowest BCUT2D eigenvalue weighted by atomic mass is 9.92. The maximum Gasteiger partial charge on any atom is 0.344 e. The molecule has 0 bridgehead atoms. The van der Waals surface area contributed by atoms with Crippen LogP contribution in [-0.4, -0.2) is 22.9 Å². The first kappa shape index (κ1) is 18.7. The number of nitrogens with zero attached hydrogens (tertiary/aromatic N) is 1. The fourth-order valence-corrected chi connectivity index (χ4v) is 3.57. The Labute approximate surface area is 167 Å². The molecule has 0 aliphatic carbocycles. The van der Waals surface area contributed by atoms with Gasteiger partial charge in [-0.1, -0.05) is 42.5 Å². The van der Waals surface area contributed by atoms with Crippen LogP contribution >= 0.6 is 0 Å². The Morgan fingerprint density at radius 3 is 2.59 bits per heavy atom. The van der Waals surface area contributed by atoms with Gasteiger partial charge in [-0.05, 0) is 37.5 Å². The second-order valence-electron chi connectivity index (χ2n) is 7.42. The number of carbonyl (C=O) groups excluding carboxylic acids is 3. The third-order valence-corrected chi connectivity index (χ3v) is 5.47. The number of fused-ring (bicyclic) bond motifs is 1. The Bertz CT molecular complexity index is 1140. The molecule has 4 amide bonds. The zero-order chi connectivity index (χ0) is 20.8. The molecule has 7 nitrogen and oxygen atoms in total. The Morgan fingerprint density at radius 2 is 1.86 bits per heavy atom. The molecule has 1 aliphatic rings. The fraction of sp³-hybridized carbons (Fsp3) is 0.227. The van der Waals surface area contributed by atoms with E-state index in [0.717, 1.165) is 27.1 Å². The van der Waals surface area contributed by atoms with Crippen LogP contribution in [0.1, 0.15) is 29.2 Å². The number of hydrogen-bond acceptors (Lipinski definition) is 4. The van der Waals surface area contributed by atoms with Gasteiger partial charge in [-0.2, -0.15) is 5.01 Å². The lowest BCUT2D eigenvalue weighted by Gasteiger charge is -2.22. The predicted octanol–water partition coefficient (Wildman–Crippen LogP) is 3.09. The van der Waals surface area contributed by atoms with E-state index in [4.69, 9.17) is 4.42 Å². The monoisotopic (exact) mass is 391 g/mol. The minimum atomic E-state index is -1.23. The van der Waals surface area contributed by atoms with E-state index in [2.05, 4.69) is 10.7 Å². The molecular formula is C22H21N3O4. The average Bonchev–Trinajstić information content (AvgIpc) is 3.20. The number of imide groups is 1. The third-order valence-electron chi connectivity index (χ3n) is 5.47. The maximum atomic E-state index is 12.9. The molecule has 0 radical (unpaired) electrons. The molecule has 0 saturated carbocycles. The van der Waals surface area contributed by atoms with Gasteiger partial charge in [0.15, 0.2) is 0 Å². The van der Waals surface area contributed by atoms with Gasteiger partial charge in [0.2, 0.25) is 5.91 Å². The smallest absolute Gasteiger partial charge is 0.344 e. The van der Waals surface area contributed by atoms with E-state index in [-0.39, 0.29) is 6.42 Å². The third kappa shape index (κ3) is 3.04. The van der Waals surface area contributed by atoms with Crippen molar-refractivity contribution in [2.24, 2.45) is 0 Å². The molecule has 0 spiro atoms. The second kappa shape index (κ2) is 6.77. The van der Waals surface area contributed by atoms with Crippen molar-refractivity contribution >= 4 is 28.8 Å². The summed E-state index contributed by atoms with van der Waals surface area (Å²) in [5, 5.41) is 4.24. The van der Waals surface area contributed by atoms with E-state index in [1.54, 1.807) is 31.2 Å². The van der Waals surface area contributed by atoms with Crippen molar-refractivity contribution in [3.05, 3.63) is 71.0 Å². The molecule has 2 N–H and O–H groups in total. The molecule has 1 atom stereocenters. The molecule has 1 fully saturated rings. The number of hydrazine groups is 1. The normalized spacial score (nSPS) is 18.9. The molecule has 3 aromatic rings. The molecule has 1 aliphatic heterocycles. The first-order valence-electron chi connectivity index (χ1n) is 9.29. The molecule has 1 aromatic heterocycles. The minimum Gasteiger partial charge on any atom is -0.464 e.